The monoisotopic (exact) mass is 492 g/mol. The van der Waals surface area contributed by atoms with Crippen LogP contribution in [0.3, 0.4) is 0 Å². The van der Waals surface area contributed by atoms with Crippen LogP contribution >= 0.6 is 39.0 Å². The molecular weight excluding hydrogens is 476 g/mol. The molecule has 7 nitrogen and oxygen atoms in total. The molecule has 0 bridgehead atoms. The van der Waals surface area contributed by atoms with Crippen molar-refractivity contribution >= 4 is 55.8 Å². The van der Waals surface area contributed by atoms with E-state index < -0.39 is 0 Å². The quantitative estimate of drug-likeness (QED) is 0.467. The van der Waals surface area contributed by atoms with Crippen LogP contribution in [0.1, 0.15) is 12.5 Å². The first-order valence-electron chi connectivity index (χ1n) is 8.76. The Labute approximate surface area is 184 Å². The fourth-order valence-electron chi connectivity index (χ4n) is 2.59. The smallest absolute Gasteiger partial charge is 0.233 e. The maximum absolute atomic E-state index is 12.4. The Morgan fingerprint density at radius 2 is 2.10 bits per heavy atom. The lowest BCUT2D eigenvalue weighted by atomic mass is 10.2. The average molecular weight is 493 g/mol. The van der Waals surface area contributed by atoms with Crippen molar-refractivity contribution in [2.75, 3.05) is 12.1 Å². The third kappa shape index (κ3) is 5.20. The summed E-state index contributed by atoms with van der Waals surface area (Å²) in [6.45, 7) is 2.51. The largest absolute Gasteiger partial charge is 0.454 e. The van der Waals surface area contributed by atoms with E-state index in [1.165, 1.54) is 23.1 Å². The molecule has 0 saturated heterocycles. The molecule has 150 valence electrons. The lowest BCUT2D eigenvalue weighted by molar-refractivity contribution is -0.120. The van der Waals surface area contributed by atoms with Gasteiger partial charge in [0.1, 0.15) is 0 Å². The van der Waals surface area contributed by atoms with Gasteiger partial charge in [0.25, 0.3) is 0 Å². The predicted octanol–water partition coefficient (Wildman–Crippen LogP) is 4.57. The highest BCUT2D eigenvalue weighted by atomic mass is 79.9. The normalized spacial score (nSPS) is 13.2. The van der Waals surface area contributed by atoms with E-state index in [2.05, 4.69) is 36.8 Å². The summed E-state index contributed by atoms with van der Waals surface area (Å²) in [4.78, 5) is 12.4. The number of aromatic nitrogens is 2. The lowest BCUT2D eigenvalue weighted by Gasteiger charge is -2.10. The number of amides is 1. The van der Waals surface area contributed by atoms with Gasteiger partial charge < -0.3 is 20.1 Å². The number of carbonyl (C=O) groups excluding carboxylic acids is 1. The zero-order valence-electron chi connectivity index (χ0n) is 15.3. The van der Waals surface area contributed by atoms with E-state index in [0.29, 0.717) is 17.4 Å². The average Bonchev–Trinajstić information content (AvgIpc) is 3.34. The second kappa shape index (κ2) is 9.02. The fourth-order valence-corrected chi connectivity index (χ4v) is 4.93. The molecule has 29 heavy (non-hydrogen) atoms. The van der Waals surface area contributed by atoms with Crippen LogP contribution in [0.5, 0.6) is 11.5 Å². The van der Waals surface area contributed by atoms with Crippen molar-refractivity contribution < 1.29 is 14.3 Å². The molecule has 1 aromatic heterocycles. The Morgan fingerprint density at radius 3 is 2.97 bits per heavy atom. The van der Waals surface area contributed by atoms with E-state index in [1.807, 2.05) is 49.4 Å². The van der Waals surface area contributed by atoms with E-state index in [4.69, 9.17) is 9.47 Å². The molecule has 0 radical (unpaired) electrons. The van der Waals surface area contributed by atoms with Gasteiger partial charge in [-0.2, -0.15) is 0 Å². The molecule has 0 spiro atoms. The fraction of sp³-hybridized carbons (Fsp3) is 0.211. The van der Waals surface area contributed by atoms with Crippen LogP contribution in [0.2, 0.25) is 0 Å². The second-order valence-electron chi connectivity index (χ2n) is 6.17. The molecule has 2 N–H and O–H groups in total. The number of thioether (sulfide) groups is 1. The number of nitrogens with zero attached hydrogens (tertiary/aromatic N) is 2. The number of fused-ring (bicyclic) bond motifs is 1. The third-order valence-electron chi connectivity index (χ3n) is 4.03. The van der Waals surface area contributed by atoms with Gasteiger partial charge in [-0.15, -0.1) is 10.2 Å². The number of nitrogens with one attached hydrogen (secondary N) is 2. The van der Waals surface area contributed by atoms with Crippen LogP contribution in [0, 0.1) is 0 Å². The standard InChI is InChI=1S/C19H17BrN4O3S2/c1-11(17(25)21-9-12-5-6-15-16(7-12)27-10-26-15)28-19-24-23-18(29-19)22-14-4-2-3-13(20)8-14/h2-8,11H,9-10H2,1H3,(H,21,25)(H,22,23). The summed E-state index contributed by atoms with van der Waals surface area (Å²) < 4.78 is 12.4. The zero-order chi connectivity index (χ0) is 20.2. The Kier molecular flexibility index (Phi) is 6.22. The molecule has 1 aliphatic heterocycles. The molecule has 4 rings (SSSR count). The van der Waals surface area contributed by atoms with Crippen LogP contribution in [0.15, 0.2) is 51.3 Å². The highest BCUT2D eigenvalue weighted by Gasteiger charge is 2.18. The van der Waals surface area contributed by atoms with Crippen molar-refractivity contribution in [3.8, 4) is 11.5 Å². The van der Waals surface area contributed by atoms with Gasteiger partial charge >= 0.3 is 0 Å². The highest BCUT2D eigenvalue weighted by molar-refractivity contribution is 9.10. The zero-order valence-corrected chi connectivity index (χ0v) is 18.6. The van der Waals surface area contributed by atoms with Crippen molar-refractivity contribution in [3.05, 3.63) is 52.5 Å². The summed E-state index contributed by atoms with van der Waals surface area (Å²) in [5, 5.41) is 14.8. The van der Waals surface area contributed by atoms with E-state index >= 15 is 0 Å². The van der Waals surface area contributed by atoms with Crippen LogP contribution in [0.25, 0.3) is 0 Å². The number of hydrogen-bond acceptors (Lipinski definition) is 8. The number of benzene rings is 2. The lowest BCUT2D eigenvalue weighted by Crippen LogP contribution is -2.30. The maximum Gasteiger partial charge on any atom is 0.233 e. The summed E-state index contributed by atoms with van der Waals surface area (Å²) in [6.07, 6.45) is 0. The molecule has 0 saturated carbocycles. The second-order valence-corrected chi connectivity index (χ2v) is 9.66. The molecule has 1 atom stereocenters. The number of hydrogen-bond donors (Lipinski definition) is 2. The molecule has 1 unspecified atom stereocenters. The van der Waals surface area contributed by atoms with Gasteiger partial charge in [-0.25, -0.2) is 0 Å². The Hall–Kier alpha value is -2.30. The molecule has 10 heteroatoms. The molecule has 0 fully saturated rings. The van der Waals surface area contributed by atoms with Gasteiger partial charge in [0.2, 0.25) is 17.8 Å². The van der Waals surface area contributed by atoms with Gasteiger partial charge in [-0.1, -0.05) is 51.2 Å². The van der Waals surface area contributed by atoms with Gasteiger partial charge in [0.15, 0.2) is 15.8 Å². The minimum atomic E-state index is -0.296. The Morgan fingerprint density at radius 1 is 1.24 bits per heavy atom. The number of carbonyl (C=O) groups is 1. The number of anilines is 2. The molecule has 3 aromatic rings. The van der Waals surface area contributed by atoms with E-state index in [-0.39, 0.29) is 18.0 Å². The van der Waals surface area contributed by atoms with Gasteiger partial charge in [-0.05, 0) is 42.8 Å². The third-order valence-corrected chi connectivity index (χ3v) is 6.55. The van der Waals surface area contributed by atoms with Gasteiger partial charge in [-0.3, -0.25) is 4.79 Å². The number of halogens is 1. The van der Waals surface area contributed by atoms with E-state index in [9.17, 15) is 4.79 Å². The van der Waals surface area contributed by atoms with Crippen molar-refractivity contribution in [2.24, 2.45) is 0 Å². The Balaban J connectivity index is 1.29. The topological polar surface area (TPSA) is 85.4 Å². The first-order valence-corrected chi connectivity index (χ1v) is 11.2. The summed E-state index contributed by atoms with van der Waals surface area (Å²) >= 11 is 6.23. The minimum absolute atomic E-state index is 0.0654. The molecule has 1 amide bonds. The van der Waals surface area contributed by atoms with Crippen molar-refractivity contribution in [3.63, 3.8) is 0 Å². The van der Waals surface area contributed by atoms with Crippen LogP contribution in [-0.4, -0.2) is 28.1 Å². The predicted molar refractivity (Wildman–Crippen MR) is 117 cm³/mol. The summed E-state index contributed by atoms with van der Waals surface area (Å²) in [5.74, 6) is 1.37. The van der Waals surface area contributed by atoms with Crippen molar-refractivity contribution in [1.29, 1.82) is 0 Å². The molecule has 1 aliphatic rings. The van der Waals surface area contributed by atoms with Crippen molar-refractivity contribution in [2.45, 2.75) is 23.1 Å². The molecule has 2 heterocycles. The van der Waals surface area contributed by atoms with E-state index in [1.54, 1.807) is 0 Å². The highest BCUT2D eigenvalue weighted by Crippen LogP contribution is 2.33. The molecular formula is C19H17BrN4O3S2. The van der Waals surface area contributed by atoms with Crippen LogP contribution in [0.4, 0.5) is 10.8 Å². The molecule has 0 aliphatic carbocycles. The van der Waals surface area contributed by atoms with Crippen LogP contribution in [-0.2, 0) is 11.3 Å². The van der Waals surface area contributed by atoms with E-state index in [0.717, 1.165) is 25.8 Å². The molecule has 2 aromatic carbocycles. The van der Waals surface area contributed by atoms with Gasteiger partial charge in [0.05, 0.1) is 5.25 Å². The first kappa shape index (κ1) is 20.0. The SMILES string of the molecule is CC(Sc1nnc(Nc2cccc(Br)c2)s1)C(=O)NCc1ccc2c(c1)OCO2. The summed E-state index contributed by atoms with van der Waals surface area (Å²) in [5.41, 5.74) is 1.87. The maximum atomic E-state index is 12.4. The first-order chi connectivity index (χ1) is 14.1. The number of ether oxygens (including phenoxy) is 2. The minimum Gasteiger partial charge on any atom is -0.454 e. The van der Waals surface area contributed by atoms with Crippen LogP contribution < -0.4 is 20.1 Å². The summed E-state index contributed by atoms with van der Waals surface area (Å²) in [7, 11) is 0. The van der Waals surface area contributed by atoms with Crippen molar-refractivity contribution in [1.82, 2.24) is 15.5 Å². The van der Waals surface area contributed by atoms with Gasteiger partial charge in [0, 0.05) is 16.7 Å². The Bertz CT molecular complexity index is 1030. The summed E-state index contributed by atoms with van der Waals surface area (Å²) in [6, 6.07) is 13.4. The number of rotatable bonds is 7.